The molecule has 7 nitrogen and oxygen atoms in total. The van der Waals surface area contributed by atoms with Crippen molar-refractivity contribution in [3.05, 3.63) is 60.4 Å². The monoisotopic (exact) mass is 355 g/mol. The van der Waals surface area contributed by atoms with Crippen molar-refractivity contribution in [1.82, 2.24) is 15.3 Å². The third kappa shape index (κ3) is 6.01. The lowest BCUT2D eigenvalue weighted by Gasteiger charge is -2.15. The van der Waals surface area contributed by atoms with Gasteiger partial charge in [0.15, 0.2) is 0 Å². The lowest BCUT2D eigenvalue weighted by atomic mass is 9.95. The van der Waals surface area contributed by atoms with Gasteiger partial charge in [0.2, 0.25) is 0 Å². The van der Waals surface area contributed by atoms with Gasteiger partial charge in [0.05, 0.1) is 5.56 Å². The van der Waals surface area contributed by atoms with E-state index >= 15 is 0 Å². The van der Waals surface area contributed by atoms with Crippen LogP contribution in [-0.2, 0) is 4.79 Å². The SMILES string of the molecule is CC(C)(C)C=CC(NC(=O)c1cnc(Oc2ccccc2)nc1)C(=O)O. The third-order valence-electron chi connectivity index (χ3n) is 3.18. The molecular formula is C19H21N3O4. The normalized spacial score (nSPS) is 12.6. The molecule has 7 heteroatoms. The maximum absolute atomic E-state index is 12.2. The largest absolute Gasteiger partial charge is 0.479 e. The Bertz CT molecular complexity index is 781. The molecule has 26 heavy (non-hydrogen) atoms. The van der Waals surface area contributed by atoms with Crippen molar-refractivity contribution in [3.63, 3.8) is 0 Å². The van der Waals surface area contributed by atoms with Crippen LogP contribution in [0.15, 0.2) is 54.9 Å². The van der Waals surface area contributed by atoms with Gasteiger partial charge in [-0.2, -0.15) is 0 Å². The van der Waals surface area contributed by atoms with Crippen molar-refractivity contribution in [2.75, 3.05) is 0 Å². The Labute approximate surface area is 151 Å². The molecule has 0 spiro atoms. The fourth-order valence-electron chi connectivity index (χ4n) is 1.88. The number of carboxylic acids is 1. The zero-order valence-electron chi connectivity index (χ0n) is 14.8. The molecule has 0 aliphatic rings. The van der Waals surface area contributed by atoms with Gasteiger partial charge in [-0.15, -0.1) is 0 Å². The Balaban J connectivity index is 2.04. The van der Waals surface area contributed by atoms with Crippen LogP contribution in [0.4, 0.5) is 0 Å². The maximum atomic E-state index is 12.2. The predicted octanol–water partition coefficient (Wildman–Crippen LogP) is 3.05. The minimum Gasteiger partial charge on any atom is -0.479 e. The number of hydrogen-bond acceptors (Lipinski definition) is 5. The van der Waals surface area contributed by atoms with Crippen LogP contribution in [0, 0.1) is 5.41 Å². The highest BCUT2D eigenvalue weighted by Crippen LogP contribution is 2.17. The van der Waals surface area contributed by atoms with Crippen LogP contribution in [0.2, 0.25) is 0 Å². The van der Waals surface area contributed by atoms with Crippen molar-refractivity contribution < 1.29 is 19.4 Å². The molecule has 0 saturated heterocycles. The van der Waals surface area contributed by atoms with Gasteiger partial charge < -0.3 is 15.2 Å². The van der Waals surface area contributed by atoms with Gasteiger partial charge in [0.1, 0.15) is 11.8 Å². The molecule has 0 saturated carbocycles. The minimum atomic E-state index is -1.15. The molecule has 1 aromatic carbocycles. The number of hydrogen-bond donors (Lipinski definition) is 2. The van der Waals surface area contributed by atoms with Crippen LogP contribution in [0.1, 0.15) is 31.1 Å². The van der Waals surface area contributed by atoms with E-state index in [1.165, 1.54) is 18.5 Å². The summed E-state index contributed by atoms with van der Waals surface area (Å²) in [6.45, 7) is 5.80. The second kappa shape index (κ2) is 8.24. The van der Waals surface area contributed by atoms with Crippen molar-refractivity contribution in [3.8, 4) is 11.8 Å². The number of amides is 1. The Morgan fingerprint density at radius 2 is 1.77 bits per heavy atom. The average molecular weight is 355 g/mol. The highest BCUT2D eigenvalue weighted by molar-refractivity contribution is 5.96. The highest BCUT2D eigenvalue weighted by atomic mass is 16.5. The molecule has 1 aromatic heterocycles. The van der Waals surface area contributed by atoms with Crippen LogP contribution in [-0.4, -0.2) is 33.0 Å². The fraction of sp³-hybridized carbons (Fsp3) is 0.263. The summed E-state index contributed by atoms with van der Waals surface area (Å²) in [6.07, 6.45) is 5.76. The van der Waals surface area contributed by atoms with E-state index in [0.717, 1.165) is 0 Å². The van der Waals surface area contributed by atoms with Crippen molar-refractivity contribution in [1.29, 1.82) is 0 Å². The first-order valence-corrected chi connectivity index (χ1v) is 8.02. The Hall–Kier alpha value is -3.22. The molecule has 1 amide bonds. The fourth-order valence-corrected chi connectivity index (χ4v) is 1.88. The molecule has 0 aliphatic carbocycles. The predicted molar refractivity (Wildman–Crippen MR) is 96.0 cm³/mol. The number of para-hydroxylation sites is 1. The summed E-state index contributed by atoms with van der Waals surface area (Å²) in [5.41, 5.74) is -0.0568. The number of carbonyl (C=O) groups is 2. The molecule has 0 radical (unpaired) electrons. The first-order chi connectivity index (χ1) is 12.2. The Morgan fingerprint density at radius 1 is 1.15 bits per heavy atom. The quantitative estimate of drug-likeness (QED) is 0.772. The number of aliphatic carboxylic acids is 1. The maximum Gasteiger partial charge on any atom is 0.330 e. The van der Waals surface area contributed by atoms with Crippen LogP contribution < -0.4 is 10.1 Å². The van der Waals surface area contributed by atoms with Gasteiger partial charge in [0.25, 0.3) is 5.91 Å². The van der Waals surface area contributed by atoms with Crippen molar-refractivity contribution in [2.24, 2.45) is 5.41 Å². The van der Waals surface area contributed by atoms with Gasteiger partial charge in [-0.05, 0) is 17.5 Å². The molecule has 0 bridgehead atoms. The summed E-state index contributed by atoms with van der Waals surface area (Å²) in [5.74, 6) is -1.16. The summed E-state index contributed by atoms with van der Waals surface area (Å²) in [5, 5.41) is 11.7. The summed E-state index contributed by atoms with van der Waals surface area (Å²) >= 11 is 0. The summed E-state index contributed by atoms with van der Waals surface area (Å²) in [7, 11) is 0. The number of carbonyl (C=O) groups excluding carboxylic acids is 1. The second-order valence-electron chi connectivity index (χ2n) is 6.68. The van der Waals surface area contributed by atoms with E-state index in [0.29, 0.717) is 5.75 Å². The van der Waals surface area contributed by atoms with Crippen LogP contribution >= 0.6 is 0 Å². The molecule has 1 atom stereocenters. The summed E-state index contributed by atoms with van der Waals surface area (Å²) < 4.78 is 5.45. The number of rotatable bonds is 6. The molecule has 0 fully saturated rings. The molecule has 2 rings (SSSR count). The van der Waals surface area contributed by atoms with E-state index in [2.05, 4.69) is 15.3 Å². The van der Waals surface area contributed by atoms with E-state index in [1.807, 2.05) is 39.0 Å². The molecule has 136 valence electrons. The summed E-state index contributed by atoms with van der Waals surface area (Å²) in [4.78, 5) is 31.5. The highest BCUT2D eigenvalue weighted by Gasteiger charge is 2.19. The third-order valence-corrected chi connectivity index (χ3v) is 3.18. The Morgan fingerprint density at radius 3 is 2.31 bits per heavy atom. The number of nitrogens with one attached hydrogen (secondary N) is 1. The van der Waals surface area contributed by atoms with E-state index in [4.69, 9.17) is 4.74 Å². The van der Waals surface area contributed by atoms with Gasteiger partial charge in [-0.3, -0.25) is 4.79 Å². The van der Waals surface area contributed by atoms with E-state index in [1.54, 1.807) is 18.2 Å². The number of allylic oxidation sites excluding steroid dienone is 1. The topological polar surface area (TPSA) is 101 Å². The standard InChI is InChI=1S/C19H21N3O4/c1-19(2,3)10-9-15(17(24)25)22-16(23)13-11-20-18(21-12-13)26-14-7-5-4-6-8-14/h4-12,15H,1-3H3,(H,22,23)(H,24,25). The molecule has 1 unspecified atom stereocenters. The van der Waals surface area contributed by atoms with Crippen LogP contribution in [0.3, 0.4) is 0 Å². The van der Waals surface area contributed by atoms with Gasteiger partial charge >= 0.3 is 12.0 Å². The molecule has 0 aliphatic heterocycles. The van der Waals surface area contributed by atoms with E-state index < -0.39 is 17.9 Å². The lowest BCUT2D eigenvalue weighted by Crippen LogP contribution is -2.39. The molecule has 1 heterocycles. The average Bonchev–Trinajstić information content (AvgIpc) is 2.59. The molecule has 2 N–H and O–H groups in total. The number of benzene rings is 1. The Kier molecular flexibility index (Phi) is 6.06. The zero-order chi connectivity index (χ0) is 19.2. The van der Waals surface area contributed by atoms with Gasteiger partial charge in [0, 0.05) is 12.4 Å². The van der Waals surface area contributed by atoms with Gasteiger partial charge in [-0.25, -0.2) is 14.8 Å². The van der Waals surface area contributed by atoms with Crippen LogP contribution in [0.5, 0.6) is 11.8 Å². The van der Waals surface area contributed by atoms with Crippen molar-refractivity contribution in [2.45, 2.75) is 26.8 Å². The van der Waals surface area contributed by atoms with Crippen LogP contribution in [0.25, 0.3) is 0 Å². The first-order valence-electron chi connectivity index (χ1n) is 8.02. The number of ether oxygens (including phenoxy) is 1. The minimum absolute atomic E-state index is 0.0927. The molecular weight excluding hydrogens is 334 g/mol. The summed E-state index contributed by atoms with van der Waals surface area (Å²) in [6, 6.07) is 7.94. The first kappa shape index (κ1) is 19.1. The molecule has 2 aromatic rings. The van der Waals surface area contributed by atoms with E-state index in [-0.39, 0.29) is 17.0 Å². The van der Waals surface area contributed by atoms with Crippen molar-refractivity contribution >= 4 is 11.9 Å². The lowest BCUT2D eigenvalue weighted by molar-refractivity contribution is -0.137. The number of aromatic nitrogens is 2. The second-order valence-corrected chi connectivity index (χ2v) is 6.68. The van der Waals surface area contributed by atoms with Gasteiger partial charge in [-0.1, -0.05) is 51.1 Å². The smallest absolute Gasteiger partial charge is 0.330 e. The zero-order valence-corrected chi connectivity index (χ0v) is 14.8. The van der Waals surface area contributed by atoms with E-state index in [9.17, 15) is 14.7 Å². The number of carboxylic acid groups (broad SMARTS) is 1. The number of nitrogens with zero attached hydrogens (tertiary/aromatic N) is 2.